The van der Waals surface area contributed by atoms with Crippen molar-refractivity contribution in [2.24, 2.45) is 4.99 Å². The summed E-state index contributed by atoms with van der Waals surface area (Å²) >= 11 is 0. The van der Waals surface area contributed by atoms with Gasteiger partial charge in [0.25, 0.3) is 5.91 Å². The monoisotopic (exact) mass is 474 g/mol. The number of hydrogen-bond acceptors (Lipinski definition) is 3. The quantitative estimate of drug-likeness (QED) is 0.250. The lowest BCUT2D eigenvalue weighted by Crippen LogP contribution is -2.38. The Morgan fingerprint density at radius 2 is 1.88 bits per heavy atom. The van der Waals surface area contributed by atoms with Gasteiger partial charge in [-0.05, 0) is 25.5 Å². The number of hydrogen-bond donors (Lipinski definition) is 3. The summed E-state index contributed by atoms with van der Waals surface area (Å²) in [5.41, 5.74) is 1.39. The molecule has 1 aromatic heterocycles. The minimum absolute atomic E-state index is 0. The predicted octanol–water partition coefficient (Wildman–Crippen LogP) is 2.83. The Morgan fingerprint density at radius 1 is 1.15 bits per heavy atom. The third kappa shape index (κ3) is 6.66. The van der Waals surface area contributed by atoms with Crippen LogP contribution in [0.15, 0.2) is 46.0 Å². The molecule has 3 N–H and O–H groups in total. The first-order valence-corrected chi connectivity index (χ1v) is 8.12. The van der Waals surface area contributed by atoms with Gasteiger partial charge in [0.15, 0.2) is 11.7 Å². The average molecular weight is 474 g/mol. The zero-order valence-electron chi connectivity index (χ0n) is 14.8. The van der Waals surface area contributed by atoms with E-state index in [4.69, 9.17) is 4.42 Å². The van der Waals surface area contributed by atoms with Crippen molar-refractivity contribution >= 4 is 35.8 Å². The van der Waals surface area contributed by atoms with Crippen molar-refractivity contribution in [3.8, 4) is 0 Å². The van der Waals surface area contributed by atoms with Gasteiger partial charge >= 0.3 is 0 Å². The summed E-state index contributed by atoms with van der Waals surface area (Å²) in [6.45, 7) is 3.30. The molecule has 0 atom stereocenters. The van der Waals surface area contributed by atoms with Crippen molar-refractivity contribution in [2.75, 3.05) is 20.1 Å². The van der Waals surface area contributed by atoms with Crippen LogP contribution >= 0.6 is 24.0 Å². The van der Waals surface area contributed by atoms with Gasteiger partial charge in [-0.15, -0.1) is 24.0 Å². The van der Waals surface area contributed by atoms with Crippen LogP contribution in [0.3, 0.4) is 0 Å². The summed E-state index contributed by atoms with van der Waals surface area (Å²) in [6.07, 6.45) is 2.21. The summed E-state index contributed by atoms with van der Waals surface area (Å²) in [6, 6.07) is 8.35. The summed E-state index contributed by atoms with van der Waals surface area (Å²) in [5.74, 6) is 0.456. The number of aryl methyl sites for hydroxylation is 1. The van der Waals surface area contributed by atoms with Crippen molar-refractivity contribution in [3.05, 3.63) is 59.3 Å². The smallest absolute Gasteiger partial charge is 0.287 e. The molecule has 1 aromatic carbocycles. The summed E-state index contributed by atoms with van der Waals surface area (Å²) in [4.78, 5) is 16.0. The number of nitrogens with zero attached hydrogens (tertiary/aromatic N) is 1. The number of furan rings is 1. The number of carbonyl (C=O) groups is 1. The minimum atomic E-state index is -0.249. The van der Waals surface area contributed by atoms with E-state index in [1.807, 2.05) is 6.92 Å². The molecule has 0 aliphatic carbocycles. The molecule has 2 rings (SSSR count). The number of guanidine groups is 1. The van der Waals surface area contributed by atoms with Crippen LogP contribution in [0.1, 0.15) is 28.1 Å². The Bertz CT molecular complexity index is 733. The fraction of sp³-hybridized carbons (Fsp3) is 0.333. The maximum Gasteiger partial charge on any atom is 0.287 e. The molecule has 0 aliphatic rings. The lowest BCUT2D eigenvalue weighted by atomic mass is 10.2. The van der Waals surface area contributed by atoms with E-state index < -0.39 is 0 Å². The van der Waals surface area contributed by atoms with Crippen molar-refractivity contribution in [3.63, 3.8) is 0 Å². The predicted molar refractivity (Wildman–Crippen MR) is 110 cm³/mol. The van der Waals surface area contributed by atoms with E-state index in [-0.39, 0.29) is 35.7 Å². The second-order valence-electron chi connectivity index (χ2n) is 5.49. The number of amides is 1. The lowest BCUT2D eigenvalue weighted by molar-refractivity contribution is 0.0925. The Morgan fingerprint density at radius 3 is 2.54 bits per heavy atom. The Hall–Kier alpha value is -2.10. The highest BCUT2D eigenvalue weighted by molar-refractivity contribution is 14.0. The van der Waals surface area contributed by atoms with Crippen LogP contribution in [-0.2, 0) is 6.54 Å². The fourth-order valence-corrected chi connectivity index (χ4v) is 2.22. The zero-order valence-corrected chi connectivity index (χ0v) is 17.2. The highest BCUT2D eigenvalue weighted by Gasteiger charge is 2.11. The van der Waals surface area contributed by atoms with Gasteiger partial charge in [0.05, 0.1) is 6.26 Å². The number of halogens is 2. The summed E-state index contributed by atoms with van der Waals surface area (Å²) in [5, 5.41) is 8.97. The topological polar surface area (TPSA) is 78.7 Å². The molecule has 142 valence electrons. The van der Waals surface area contributed by atoms with Crippen molar-refractivity contribution in [1.82, 2.24) is 16.0 Å². The molecule has 1 heterocycles. The minimum Gasteiger partial charge on any atom is -0.459 e. The van der Waals surface area contributed by atoms with Gasteiger partial charge in [0.2, 0.25) is 0 Å². The average Bonchev–Trinajstić information content (AvgIpc) is 3.04. The first-order chi connectivity index (χ1) is 12.1. The Balaban J connectivity index is 0.00000338. The van der Waals surface area contributed by atoms with Gasteiger partial charge in [-0.1, -0.05) is 18.2 Å². The first kappa shape index (κ1) is 21.9. The number of benzene rings is 1. The maximum atomic E-state index is 13.6. The number of carbonyl (C=O) groups excluding carboxylic acids is 1. The van der Waals surface area contributed by atoms with Crippen LogP contribution in [0.25, 0.3) is 0 Å². The van der Waals surface area contributed by atoms with Gasteiger partial charge in [0, 0.05) is 37.8 Å². The number of rotatable bonds is 7. The van der Waals surface area contributed by atoms with Crippen molar-refractivity contribution in [2.45, 2.75) is 19.9 Å². The molecule has 0 unspecified atom stereocenters. The van der Waals surface area contributed by atoms with E-state index >= 15 is 0 Å². The summed E-state index contributed by atoms with van der Waals surface area (Å²) < 4.78 is 18.7. The maximum absolute atomic E-state index is 13.6. The molecule has 1 amide bonds. The second kappa shape index (κ2) is 11.5. The molecule has 0 saturated heterocycles. The molecular formula is C18H24FIN4O2. The molecule has 0 spiro atoms. The molecule has 0 fully saturated rings. The second-order valence-corrected chi connectivity index (χ2v) is 5.49. The largest absolute Gasteiger partial charge is 0.459 e. The Labute approximate surface area is 169 Å². The van der Waals surface area contributed by atoms with Crippen LogP contribution in [0, 0.1) is 12.7 Å². The molecule has 8 heteroatoms. The number of nitrogens with one attached hydrogen (secondary N) is 3. The third-order valence-corrected chi connectivity index (χ3v) is 3.63. The molecule has 26 heavy (non-hydrogen) atoms. The molecule has 2 aromatic rings. The third-order valence-electron chi connectivity index (χ3n) is 3.63. The van der Waals surface area contributed by atoms with E-state index in [1.165, 1.54) is 12.3 Å². The summed E-state index contributed by atoms with van der Waals surface area (Å²) in [7, 11) is 1.65. The van der Waals surface area contributed by atoms with Gasteiger partial charge < -0.3 is 20.4 Å². The highest BCUT2D eigenvalue weighted by atomic mass is 127. The van der Waals surface area contributed by atoms with Crippen LogP contribution in [0.2, 0.25) is 0 Å². The normalized spacial score (nSPS) is 10.8. The van der Waals surface area contributed by atoms with Crippen LogP contribution < -0.4 is 16.0 Å². The molecule has 0 bridgehead atoms. The first-order valence-electron chi connectivity index (χ1n) is 8.12. The molecule has 0 aliphatic heterocycles. The SMILES string of the molecule is CN=C(NCCCNC(=O)c1occc1C)NCc1ccccc1F.I. The van der Waals surface area contributed by atoms with Gasteiger partial charge in [-0.25, -0.2) is 4.39 Å². The van der Waals surface area contributed by atoms with E-state index in [0.717, 1.165) is 5.56 Å². The van der Waals surface area contributed by atoms with Crippen LogP contribution in [-0.4, -0.2) is 32.0 Å². The lowest BCUT2D eigenvalue weighted by Gasteiger charge is -2.12. The fourth-order valence-electron chi connectivity index (χ4n) is 2.22. The molecule has 0 radical (unpaired) electrons. The van der Waals surface area contributed by atoms with E-state index in [1.54, 1.807) is 31.3 Å². The molecule has 6 nitrogen and oxygen atoms in total. The standard InChI is InChI=1S/C18H23FN4O2.HI/c1-13-8-11-25-16(13)17(24)21-9-5-10-22-18(20-2)23-12-14-6-3-4-7-15(14)19;/h3-4,6-8,11H,5,9-10,12H2,1-2H3,(H,21,24)(H2,20,22,23);1H. The van der Waals surface area contributed by atoms with Crippen LogP contribution in [0.5, 0.6) is 0 Å². The zero-order chi connectivity index (χ0) is 18.1. The van der Waals surface area contributed by atoms with Gasteiger partial charge in [0.1, 0.15) is 5.82 Å². The van der Waals surface area contributed by atoms with Gasteiger partial charge in [-0.2, -0.15) is 0 Å². The Kier molecular flexibility index (Phi) is 9.71. The van der Waals surface area contributed by atoms with Crippen molar-refractivity contribution in [1.29, 1.82) is 0 Å². The van der Waals surface area contributed by atoms with E-state index in [2.05, 4.69) is 20.9 Å². The molecule has 0 saturated carbocycles. The van der Waals surface area contributed by atoms with Gasteiger partial charge in [-0.3, -0.25) is 9.79 Å². The number of aliphatic imine (C=N–C) groups is 1. The van der Waals surface area contributed by atoms with Crippen molar-refractivity contribution < 1.29 is 13.6 Å². The highest BCUT2D eigenvalue weighted by Crippen LogP contribution is 2.08. The van der Waals surface area contributed by atoms with Crippen LogP contribution in [0.4, 0.5) is 4.39 Å². The molecular weight excluding hydrogens is 450 g/mol. The van der Waals surface area contributed by atoms with E-state index in [9.17, 15) is 9.18 Å². The van der Waals surface area contributed by atoms with E-state index in [0.29, 0.717) is 43.3 Å².